The van der Waals surface area contributed by atoms with Gasteiger partial charge in [-0.2, -0.15) is 0 Å². The summed E-state index contributed by atoms with van der Waals surface area (Å²) in [4.78, 5) is 28.6. The highest BCUT2D eigenvalue weighted by Crippen LogP contribution is 2.28. The van der Waals surface area contributed by atoms with Crippen molar-refractivity contribution in [2.75, 3.05) is 26.2 Å². The number of nitrogens with zero attached hydrogens (tertiary/aromatic N) is 5. The first kappa shape index (κ1) is 21.6. The van der Waals surface area contributed by atoms with E-state index in [0.29, 0.717) is 49.1 Å². The lowest BCUT2D eigenvalue weighted by Crippen LogP contribution is -2.51. The van der Waals surface area contributed by atoms with E-state index in [4.69, 9.17) is 21.1 Å². The second-order valence-corrected chi connectivity index (χ2v) is 9.11. The van der Waals surface area contributed by atoms with Crippen molar-refractivity contribution in [3.63, 3.8) is 0 Å². The van der Waals surface area contributed by atoms with Crippen molar-refractivity contribution >= 4 is 23.6 Å². The van der Waals surface area contributed by atoms with E-state index in [1.807, 2.05) is 45.0 Å². The number of benzene rings is 1. The summed E-state index contributed by atoms with van der Waals surface area (Å²) in [5.41, 5.74) is 1.43. The van der Waals surface area contributed by atoms with E-state index in [9.17, 15) is 9.59 Å². The maximum absolute atomic E-state index is 13.0. The van der Waals surface area contributed by atoms with Crippen molar-refractivity contribution in [3.05, 3.63) is 46.2 Å². The van der Waals surface area contributed by atoms with E-state index < -0.39 is 5.60 Å². The molecule has 0 spiro atoms. The zero-order valence-electron chi connectivity index (χ0n) is 17.9. The maximum Gasteiger partial charge on any atom is 0.410 e. The van der Waals surface area contributed by atoms with Crippen LogP contribution < -0.4 is 0 Å². The van der Waals surface area contributed by atoms with Gasteiger partial charge >= 0.3 is 6.09 Å². The van der Waals surface area contributed by atoms with Gasteiger partial charge in [-0.15, -0.1) is 5.10 Å². The minimum absolute atomic E-state index is 0.174. The van der Waals surface area contributed by atoms with Gasteiger partial charge in [-0.1, -0.05) is 28.9 Å². The Balaban J connectivity index is 1.38. The first-order valence-electron chi connectivity index (χ1n) is 10.3. The van der Waals surface area contributed by atoms with Crippen LogP contribution in [0.4, 0.5) is 4.79 Å². The van der Waals surface area contributed by atoms with Crippen molar-refractivity contribution in [3.8, 4) is 0 Å². The van der Waals surface area contributed by atoms with Crippen molar-refractivity contribution in [1.82, 2.24) is 24.8 Å². The molecule has 31 heavy (non-hydrogen) atoms. The number of hydrogen-bond acceptors (Lipinski definition) is 6. The molecular formula is C21H26ClN5O4. The van der Waals surface area contributed by atoms with Gasteiger partial charge in [0.15, 0.2) is 5.69 Å². The van der Waals surface area contributed by atoms with Crippen LogP contribution in [0.5, 0.6) is 0 Å². The van der Waals surface area contributed by atoms with E-state index in [-0.39, 0.29) is 24.7 Å². The first-order chi connectivity index (χ1) is 14.7. The molecule has 0 radical (unpaired) electrons. The number of halogens is 1. The summed E-state index contributed by atoms with van der Waals surface area (Å²) >= 11 is 5.96. The highest BCUT2D eigenvalue weighted by atomic mass is 35.5. The average Bonchev–Trinajstić information content (AvgIpc) is 3.16. The fraction of sp³-hybridized carbons (Fsp3) is 0.524. The van der Waals surface area contributed by atoms with Crippen molar-refractivity contribution in [1.29, 1.82) is 0 Å². The fourth-order valence-corrected chi connectivity index (χ4v) is 3.75. The second kappa shape index (κ2) is 8.47. The third kappa shape index (κ3) is 4.83. The number of aromatic nitrogens is 3. The number of ether oxygens (including phenoxy) is 2. The average molecular weight is 448 g/mol. The summed E-state index contributed by atoms with van der Waals surface area (Å²) in [6, 6.07) is 7.49. The molecule has 2 amide bonds. The van der Waals surface area contributed by atoms with Crippen LogP contribution in [0, 0.1) is 0 Å². The highest BCUT2D eigenvalue weighted by molar-refractivity contribution is 6.30. The van der Waals surface area contributed by atoms with Crippen LogP contribution in [0.2, 0.25) is 5.02 Å². The Morgan fingerprint density at radius 3 is 2.39 bits per heavy atom. The fourth-order valence-electron chi connectivity index (χ4n) is 3.63. The molecule has 0 aliphatic carbocycles. The number of hydrogen-bond donors (Lipinski definition) is 0. The number of carbonyl (C=O) groups excluding carboxylic acids is 2. The van der Waals surface area contributed by atoms with Crippen molar-refractivity contribution in [2.24, 2.45) is 0 Å². The van der Waals surface area contributed by atoms with Gasteiger partial charge < -0.3 is 19.3 Å². The molecule has 0 N–H and O–H groups in total. The number of rotatable bonds is 2. The molecular weight excluding hydrogens is 422 g/mol. The molecule has 1 aromatic heterocycles. The Morgan fingerprint density at radius 2 is 1.74 bits per heavy atom. The third-order valence-electron chi connectivity index (χ3n) is 5.26. The molecule has 2 aromatic rings. The van der Waals surface area contributed by atoms with E-state index in [1.54, 1.807) is 14.5 Å². The van der Waals surface area contributed by atoms with Crippen LogP contribution in [-0.2, 0) is 22.6 Å². The van der Waals surface area contributed by atoms with Crippen LogP contribution in [0.1, 0.15) is 48.6 Å². The lowest BCUT2D eigenvalue weighted by atomic mass is 10.1. The number of fused-ring (bicyclic) bond motifs is 1. The molecule has 10 heteroatoms. The zero-order valence-corrected chi connectivity index (χ0v) is 18.6. The van der Waals surface area contributed by atoms with Crippen LogP contribution in [-0.4, -0.2) is 68.6 Å². The lowest BCUT2D eigenvalue weighted by molar-refractivity contribution is -0.00216. The lowest BCUT2D eigenvalue weighted by Gasteiger charge is -2.35. The van der Waals surface area contributed by atoms with Gasteiger partial charge in [0.1, 0.15) is 11.7 Å². The molecule has 1 unspecified atom stereocenters. The standard InChI is InChI=1S/C21H26ClN5O4/c1-21(2,3)31-20(29)26-10-8-25(9-11-26)19(28)18-16-13-30-17(12-27(16)24-23-18)14-4-6-15(22)7-5-14/h4-7,17H,8-13H2,1-3H3. The van der Waals surface area contributed by atoms with E-state index in [2.05, 4.69) is 10.3 Å². The molecule has 2 aliphatic heterocycles. The summed E-state index contributed by atoms with van der Waals surface area (Å²) in [5, 5.41) is 8.98. The Bertz CT molecular complexity index is 961. The molecule has 166 valence electrons. The molecule has 1 fully saturated rings. The molecule has 3 heterocycles. The third-order valence-corrected chi connectivity index (χ3v) is 5.51. The smallest absolute Gasteiger partial charge is 0.410 e. The quantitative estimate of drug-likeness (QED) is 0.703. The van der Waals surface area contributed by atoms with Crippen LogP contribution in [0.15, 0.2) is 24.3 Å². The normalized spacial score (nSPS) is 19.2. The Hall–Kier alpha value is -2.65. The van der Waals surface area contributed by atoms with Gasteiger partial charge in [0.2, 0.25) is 0 Å². The SMILES string of the molecule is CC(C)(C)OC(=O)N1CCN(C(=O)c2nnn3c2COC(c2ccc(Cl)cc2)C3)CC1. The number of carbonyl (C=O) groups is 2. The number of piperazine rings is 1. The Labute approximate surface area is 185 Å². The van der Waals surface area contributed by atoms with E-state index in [1.165, 1.54) is 0 Å². The topological polar surface area (TPSA) is 89.8 Å². The van der Waals surface area contributed by atoms with Crippen LogP contribution in [0.3, 0.4) is 0 Å². The summed E-state index contributed by atoms with van der Waals surface area (Å²) < 4.78 is 13.1. The summed E-state index contributed by atoms with van der Waals surface area (Å²) in [5.74, 6) is -0.196. The number of amides is 2. The van der Waals surface area contributed by atoms with Crippen LogP contribution >= 0.6 is 11.6 Å². The minimum Gasteiger partial charge on any atom is -0.444 e. The van der Waals surface area contributed by atoms with Gasteiger partial charge in [-0.05, 0) is 38.5 Å². The van der Waals surface area contributed by atoms with E-state index in [0.717, 1.165) is 5.56 Å². The summed E-state index contributed by atoms with van der Waals surface area (Å²) in [6.45, 7) is 7.88. The molecule has 9 nitrogen and oxygen atoms in total. The van der Waals surface area contributed by atoms with Gasteiger partial charge in [-0.3, -0.25) is 4.79 Å². The molecule has 1 atom stereocenters. The Morgan fingerprint density at radius 1 is 1.10 bits per heavy atom. The van der Waals surface area contributed by atoms with Crippen molar-refractivity contribution < 1.29 is 19.1 Å². The summed E-state index contributed by atoms with van der Waals surface area (Å²) in [7, 11) is 0. The predicted octanol–water partition coefficient (Wildman–Crippen LogP) is 2.90. The zero-order chi connectivity index (χ0) is 22.2. The van der Waals surface area contributed by atoms with Gasteiger partial charge in [0.05, 0.1) is 18.8 Å². The van der Waals surface area contributed by atoms with Crippen LogP contribution in [0.25, 0.3) is 0 Å². The van der Waals surface area contributed by atoms with Gasteiger partial charge in [0.25, 0.3) is 5.91 Å². The second-order valence-electron chi connectivity index (χ2n) is 8.68. The van der Waals surface area contributed by atoms with Crippen molar-refractivity contribution in [2.45, 2.75) is 45.6 Å². The molecule has 1 saturated heterocycles. The predicted molar refractivity (Wildman–Crippen MR) is 113 cm³/mol. The maximum atomic E-state index is 13.0. The molecule has 2 aliphatic rings. The monoisotopic (exact) mass is 447 g/mol. The Kier molecular flexibility index (Phi) is 5.90. The van der Waals surface area contributed by atoms with Gasteiger partial charge in [-0.25, -0.2) is 9.48 Å². The molecule has 0 saturated carbocycles. The highest BCUT2D eigenvalue weighted by Gasteiger charge is 2.33. The van der Waals surface area contributed by atoms with E-state index >= 15 is 0 Å². The minimum atomic E-state index is -0.547. The summed E-state index contributed by atoms with van der Waals surface area (Å²) in [6.07, 6.45) is -0.533. The molecule has 0 bridgehead atoms. The van der Waals surface area contributed by atoms with Gasteiger partial charge in [0, 0.05) is 31.2 Å². The largest absolute Gasteiger partial charge is 0.444 e. The molecule has 4 rings (SSSR count). The first-order valence-corrected chi connectivity index (χ1v) is 10.7. The molecule has 1 aromatic carbocycles.